The maximum atomic E-state index is 9.87. The molecular weight excluding hydrogens is 292 g/mol. The molecule has 1 aliphatic carbocycles. The molecule has 1 aliphatic rings. The summed E-state index contributed by atoms with van der Waals surface area (Å²) in [7, 11) is 0. The second-order valence-electron chi connectivity index (χ2n) is 5.39. The smallest absolute Gasteiger partial charge is 0.127 e. The Labute approximate surface area is 117 Å². The van der Waals surface area contributed by atoms with Gasteiger partial charge in [0.25, 0.3) is 0 Å². The molecule has 1 aromatic carbocycles. The number of ether oxygens (including phenoxy) is 1. The Hall–Kier alpha value is -0.540. The molecule has 0 heterocycles. The van der Waals surface area contributed by atoms with Crippen LogP contribution in [0.25, 0.3) is 0 Å². The van der Waals surface area contributed by atoms with Gasteiger partial charge in [-0.15, -0.1) is 0 Å². The summed E-state index contributed by atoms with van der Waals surface area (Å²) < 4.78 is 7.16. The largest absolute Gasteiger partial charge is 0.487 e. The average molecular weight is 313 g/mol. The number of rotatable bonds is 4. The zero-order valence-corrected chi connectivity index (χ0v) is 12.8. The highest BCUT2D eigenvalue weighted by Gasteiger charge is 2.32. The maximum absolute atomic E-state index is 9.87. The SMILES string of the molecule is Cc1cc(OC(C(C)O)C2CCC2)cc(C)c1Br. The third-order valence-corrected chi connectivity index (χ3v) is 5.02. The lowest BCUT2D eigenvalue weighted by Gasteiger charge is -2.35. The van der Waals surface area contributed by atoms with E-state index in [0.29, 0.717) is 5.92 Å². The van der Waals surface area contributed by atoms with Crippen LogP contribution in [0.4, 0.5) is 0 Å². The predicted octanol–water partition coefficient (Wildman–Crippen LogP) is 3.99. The summed E-state index contributed by atoms with van der Waals surface area (Å²) in [6, 6.07) is 4.07. The van der Waals surface area contributed by atoms with E-state index < -0.39 is 6.10 Å². The van der Waals surface area contributed by atoms with Crippen LogP contribution in [0, 0.1) is 19.8 Å². The fourth-order valence-electron chi connectivity index (χ4n) is 2.49. The van der Waals surface area contributed by atoms with Gasteiger partial charge in [-0.3, -0.25) is 0 Å². The average Bonchev–Trinajstić information content (AvgIpc) is 2.22. The van der Waals surface area contributed by atoms with Gasteiger partial charge in [-0.25, -0.2) is 0 Å². The van der Waals surface area contributed by atoms with Crippen LogP contribution in [0.5, 0.6) is 5.75 Å². The maximum Gasteiger partial charge on any atom is 0.127 e. The van der Waals surface area contributed by atoms with Gasteiger partial charge in [0.2, 0.25) is 0 Å². The number of hydrogen-bond donors (Lipinski definition) is 1. The molecule has 0 saturated heterocycles. The van der Waals surface area contributed by atoms with Gasteiger partial charge in [-0.05, 0) is 62.8 Å². The van der Waals surface area contributed by atoms with Crippen molar-refractivity contribution in [2.75, 3.05) is 0 Å². The van der Waals surface area contributed by atoms with Crippen LogP contribution < -0.4 is 4.74 Å². The van der Waals surface area contributed by atoms with Crippen LogP contribution in [0.2, 0.25) is 0 Å². The van der Waals surface area contributed by atoms with Crippen molar-refractivity contribution in [3.63, 3.8) is 0 Å². The first-order chi connectivity index (χ1) is 8.49. The molecule has 0 aliphatic heterocycles. The van der Waals surface area contributed by atoms with E-state index in [-0.39, 0.29) is 6.10 Å². The van der Waals surface area contributed by atoms with Gasteiger partial charge in [-0.2, -0.15) is 0 Å². The van der Waals surface area contributed by atoms with E-state index in [1.54, 1.807) is 0 Å². The molecule has 2 atom stereocenters. The molecule has 1 N–H and O–H groups in total. The van der Waals surface area contributed by atoms with E-state index in [2.05, 4.69) is 29.8 Å². The van der Waals surface area contributed by atoms with Crippen LogP contribution in [-0.2, 0) is 0 Å². The summed E-state index contributed by atoms with van der Waals surface area (Å²) in [4.78, 5) is 0. The Morgan fingerprint density at radius 2 is 1.83 bits per heavy atom. The Bertz CT molecular complexity index is 401. The van der Waals surface area contributed by atoms with E-state index in [1.165, 1.54) is 30.4 Å². The van der Waals surface area contributed by atoms with E-state index in [4.69, 9.17) is 4.74 Å². The van der Waals surface area contributed by atoms with Crippen molar-refractivity contribution in [2.24, 2.45) is 5.92 Å². The first-order valence-electron chi connectivity index (χ1n) is 6.60. The Morgan fingerprint density at radius 1 is 1.28 bits per heavy atom. The van der Waals surface area contributed by atoms with Crippen molar-refractivity contribution in [3.8, 4) is 5.75 Å². The monoisotopic (exact) mass is 312 g/mol. The molecule has 100 valence electrons. The van der Waals surface area contributed by atoms with E-state index >= 15 is 0 Å². The zero-order valence-electron chi connectivity index (χ0n) is 11.2. The molecule has 0 radical (unpaired) electrons. The lowest BCUT2D eigenvalue weighted by atomic mass is 9.79. The van der Waals surface area contributed by atoms with E-state index in [1.807, 2.05) is 19.1 Å². The molecule has 1 aromatic rings. The van der Waals surface area contributed by atoms with Gasteiger partial charge >= 0.3 is 0 Å². The van der Waals surface area contributed by atoms with Crippen molar-refractivity contribution in [1.29, 1.82) is 0 Å². The zero-order chi connectivity index (χ0) is 13.3. The minimum Gasteiger partial charge on any atom is -0.487 e. The van der Waals surface area contributed by atoms with Crippen LogP contribution in [0.3, 0.4) is 0 Å². The summed E-state index contributed by atoms with van der Waals surface area (Å²) in [5, 5.41) is 9.87. The Balaban J connectivity index is 2.16. The molecule has 1 saturated carbocycles. The normalized spacial score (nSPS) is 19.2. The summed E-state index contributed by atoms with van der Waals surface area (Å²) >= 11 is 3.56. The lowest BCUT2D eigenvalue weighted by Crippen LogP contribution is -2.40. The third kappa shape index (κ3) is 2.89. The van der Waals surface area contributed by atoms with Gasteiger partial charge in [0.05, 0.1) is 6.10 Å². The quantitative estimate of drug-likeness (QED) is 0.910. The molecule has 0 spiro atoms. The van der Waals surface area contributed by atoms with Gasteiger partial charge in [-0.1, -0.05) is 22.4 Å². The number of aliphatic hydroxyl groups excluding tert-OH is 1. The predicted molar refractivity (Wildman–Crippen MR) is 77.1 cm³/mol. The highest BCUT2D eigenvalue weighted by atomic mass is 79.9. The van der Waals surface area contributed by atoms with Gasteiger partial charge < -0.3 is 9.84 Å². The minimum absolute atomic E-state index is 0.0706. The fourth-order valence-corrected chi connectivity index (χ4v) is 2.72. The van der Waals surface area contributed by atoms with E-state index in [0.717, 1.165) is 10.2 Å². The molecule has 2 unspecified atom stereocenters. The molecule has 3 heteroatoms. The highest BCUT2D eigenvalue weighted by Crippen LogP contribution is 2.34. The van der Waals surface area contributed by atoms with E-state index in [9.17, 15) is 5.11 Å². The number of aryl methyl sites for hydroxylation is 2. The standard InChI is InChI=1S/C15H21BrO2/c1-9-7-13(8-10(2)14(9)16)18-15(11(3)17)12-5-4-6-12/h7-8,11-12,15,17H,4-6H2,1-3H3. The molecule has 1 fully saturated rings. The molecule has 0 bridgehead atoms. The summed E-state index contributed by atoms with van der Waals surface area (Å²) in [6.07, 6.45) is 3.11. The van der Waals surface area contributed by atoms with Crippen LogP contribution in [0.1, 0.15) is 37.3 Å². The van der Waals surface area contributed by atoms with Gasteiger partial charge in [0.15, 0.2) is 0 Å². The Morgan fingerprint density at radius 3 is 2.22 bits per heavy atom. The number of benzene rings is 1. The van der Waals surface area contributed by atoms with Crippen molar-refractivity contribution in [2.45, 2.75) is 52.2 Å². The molecule has 0 aromatic heterocycles. The van der Waals surface area contributed by atoms with Crippen LogP contribution >= 0.6 is 15.9 Å². The number of hydrogen-bond acceptors (Lipinski definition) is 2. The molecule has 2 rings (SSSR count). The van der Waals surface area contributed by atoms with Gasteiger partial charge in [0, 0.05) is 4.47 Å². The first kappa shape index (κ1) is 13.9. The van der Waals surface area contributed by atoms with Crippen molar-refractivity contribution >= 4 is 15.9 Å². The number of aliphatic hydroxyl groups is 1. The third-order valence-electron chi connectivity index (χ3n) is 3.77. The van der Waals surface area contributed by atoms with Crippen LogP contribution in [0.15, 0.2) is 16.6 Å². The topological polar surface area (TPSA) is 29.5 Å². The highest BCUT2D eigenvalue weighted by molar-refractivity contribution is 9.10. The fraction of sp³-hybridized carbons (Fsp3) is 0.600. The number of halogens is 1. The minimum atomic E-state index is -0.417. The molecular formula is C15H21BrO2. The van der Waals surface area contributed by atoms with Crippen molar-refractivity contribution in [1.82, 2.24) is 0 Å². The second-order valence-corrected chi connectivity index (χ2v) is 6.18. The Kier molecular flexibility index (Phi) is 4.33. The second kappa shape index (κ2) is 5.62. The van der Waals surface area contributed by atoms with Gasteiger partial charge in [0.1, 0.15) is 11.9 Å². The first-order valence-corrected chi connectivity index (χ1v) is 7.40. The van der Waals surface area contributed by atoms with Crippen molar-refractivity contribution < 1.29 is 9.84 Å². The van der Waals surface area contributed by atoms with Crippen molar-refractivity contribution in [3.05, 3.63) is 27.7 Å². The summed E-state index contributed by atoms with van der Waals surface area (Å²) in [6.45, 7) is 5.94. The molecule has 18 heavy (non-hydrogen) atoms. The lowest BCUT2D eigenvalue weighted by molar-refractivity contribution is -0.0137. The molecule has 0 amide bonds. The van der Waals surface area contributed by atoms with Crippen LogP contribution in [-0.4, -0.2) is 17.3 Å². The summed E-state index contributed by atoms with van der Waals surface area (Å²) in [5.41, 5.74) is 2.34. The molecule has 2 nitrogen and oxygen atoms in total. The summed E-state index contributed by atoms with van der Waals surface area (Å²) in [5.74, 6) is 1.38.